The Morgan fingerprint density at radius 1 is 0.444 bits per heavy atom. The highest BCUT2D eigenvalue weighted by atomic mass is 28.5. The molecule has 0 atom stereocenters. The van der Waals surface area contributed by atoms with Crippen LogP contribution in [0.4, 0.5) is 0 Å². The van der Waals surface area contributed by atoms with E-state index in [0.29, 0.717) is 0 Å². The number of hydrogen-bond donors (Lipinski definition) is 0. The second-order valence-corrected chi connectivity index (χ2v) is 24.6. The third kappa shape index (κ3) is 3.04. The third-order valence-electron chi connectivity index (χ3n) is 6.75. The molecule has 1 fully saturated rings. The lowest BCUT2D eigenvalue weighted by Crippen LogP contribution is -2.61. The van der Waals surface area contributed by atoms with E-state index in [1.54, 1.807) is 53.3 Å². The van der Waals surface area contributed by atoms with Crippen molar-refractivity contribution < 1.29 is 0 Å². The summed E-state index contributed by atoms with van der Waals surface area (Å²) in [7, 11) is -2.59. The molecule has 1 heterocycles. The quantitative estimate of drug-likeness (QED) is 0.521. The summed E-state index contributed by atoms with van der Waals surface area (Å²) >= 11 is 0. The fraction of sp³-hybridized carbons (Fsp3) is 1.00. The maximum Gasteiger partial charge on any atom is 0.0478 e. The summed E-state index contributed by atoms with van der Waals surface area (Å²) in [5.41, 5.74) is 5.40. The van der Waals surface area contributed by atoms with Crippen molar-refractivity contribution in [1.29, 1.82) is 0 Å². The van der Waals surface area contributed by atoms with E-state index in [1.807, 2.05) is 0 Å². The van der Waals surface area contributed by atoms with Gasteiger partial charge < -0.3 is 0 Å². The fourth-order valence-corrected chi connectivity index (χ4v) is 42.3. The van der Waals surface area contributed by atoms with E-state index in [4.69, 9.17) is 0 Å². The van der Waals surface area contributed by atoms with Crippen LogP contribution in [0.2, 0.25) is 53.3 Å². The molecular weight excluding hydrogens is 264 g/mol. The summed E-state index contributed by atoms with van der Waals surface area (Å²) in [6, 6.07) is 9.54. The van der Waals surface area contributed by atoms with E-state index in [2.05, 4.69) is 41.5 Å². The molecule has 0 N–H and O–H groups in total. The monoisotopic (exact) mass is 300 g/mol. The Morgan fingerprint density at radius 3 is 0.722 bits per heavy atom. The van der Waals surface area contributed by atoms with Crippen molar-refractivity contribution in [3.63, 3.8) is 0 Å². The van der Waals surface area contributed by atoms with Crippen LogP contribution in [0.1, 0.15) is 41.5 Å². The van der Waals surface area contributed by atoms with E-state index < -0.39 is 24.2 Å². The molecule has 0 aromatic rings. The SMILES string of the molecule is CC[Si]1(CC)C[Si](CC)(CC)C[Si](CC)(CC)C1. The standard InChI is InChI=1S/C15H36Si3/c1-7-16(8-2)13-17(9-3,10-4)15-18(11-5,12-6)14-16/h7-15H2,1-6H3. The first kappa shape index (κ1) is 16.7. The van der Waals surface area contributed by atoms with E-state index in [1.165, 1.54) is 0 Å². The van der Waals surface area contributed by atoms with Gasteiger partial charge in [0.05, 0.1) is 0 Å². The van der Waals surface area contributed by atoms with Gasteiger partial charge in [0.1, 0.15) is 0 Å². The second-order valence-electron chi connectivity index (χ2n) is 7.15. The van der Waals surface area contributed by atoms with Gasteiger partial charge in [-0.25, -0.2) is 0 Å². The van der Waals surface area contributed by atoms with Gasteiger partial charge in [0.15, 0.2) is 0 Å². The molecular formula is C15H36Si3. The molecule has 0 aromatic heterocycles. The van der Waals surface area contributed by atoms with Gasteiger partial charge >= 0.3 is 0 Å². The molecule has 0 unspecified atom stereocenters. The first-order valence-electron chi connectivity index (χ1n) is 8.49. The van der Waals surface area contributed by atoms with Crippen LogP contribution in [0.25, 0.3) is 0 Å². The Hall–Kier alpha value is 0.651. The molecule has 0 aromatic carbocycles. The average Bonchev–Trinajstić information content (AvgIpc) is 2.46. The van der Waals surface area contributed by atoms with Gasteiger partial charge in [-0.15, -0.1) is 0 Å². The molecule has 3 heteroatoms. The Morgan fingerprint density at radius 2 is 0.611 bits per heavy atom. The van der Waals surface area contributed by atoms with Crippen molar-refractivity contribution in [3.8, 4) is 0 Å². The number of rotatable bonds is 6. The second kappa shape index (κ2) is 6.40. The first-order chi connectivity index (χ1) is 8.49. The Kier molecular flexibility index (Phi) is 5.94. The van der Waals surface area contributed by atoms with Gasteiger partial charge in [0.2, 0.25) is 0 Å². The largest absolute Gasteiger partial charge is 0.0678 e. The van der Waals surface area contributed by atoms with Gasteiger partial charge in [0, 0.05) is 24.2 Å². The molecule has 0 spiro atoms. The van der Waals surface area contributed by atoms with E-state index in [0.717, 1.165) is 0 Å². The van der Waals surface area contributed by atoms with E-state index in [-0.39, 0.29) is 0 Å². The highest BCUT2D eigenvalue weighted by molar-refractivity contribution is 7.14. The predicted molar refractivity (Wildman–Crippen MR) is 94.6 cm³/mol. The predicted octanol–water partition coefficient (Wildman–Crippen LogP) is 6.08. The molecule has 0 radical (unpaired) electrons. The van der Waals surface area contributed by atoms with Crippen molar-refractivity contribution in [2.24, 2.45) is 0 Å². The van der Waals surface area contributed by atoms with Crippen molar-refractivity contribution in [2.75, 3.05) is 0 Å². The summed E-state index contributed by atoms with van der Waals surface area (Å²) in [6.45, 7) is 15.2. The fourth-order valence-electron chi connectivity index (χ4n) is 4.82. The van der Waals surface area contributed by atoms with Gasteiger partial charge in [-0.05, 0) is 0 Å². The molecule has 18 heavy (non-hydrogen) atoms. The summed E-state index contributed by atoms with van der Waals surface area (Å²) in [5, 5.41) is 0. The minimum atomic E-state index is -0.862. The Labute approximate surface area is 119 Å². The molecule has 0 aliphatic carbocycles. The molecule has 108 valence electrons. The van der Waals surface area contributed by atoms with Gasteiger partial charge in [-0.2, -0.15) is 0 Å². The molecule has 1 saturated heterocycles. The van der Waals surface area contributed by atoms with Crippen molar-refractivity contribution >= 4 is 24.2 Å². The van der Waals surface area contributed by atoms with Crippen molar-refractivity contribution in [2.45, 2.75) is 94.8 Å². The highest BCUT2D eigenvalue weighted by Crippen LogP contribution is 2.49. The van der Waals surface area contributed by atoms with Crippen molar-refractivity contribution in [3.05, 3.63) is 0 Å². The van der Waals surface area contributed by atoms with Crippen LogP contribution >= 0.6 is 0 Å². The van der Waals surface area contributed by atoms with Crippen molar-refractivity contribution in [1.82, 2.24) is 0 Å². The minimum absolute atomic E-state index is 0.862. The molecule has 0 amide bonds. The molecule has 0 nitrogen and oxygen atoms in total. The van der Waals surface area contributed by atoms with Crippen LogP contribution in [0.3, 0.4) is 0 Å². The molecule has 0 saturated carbocycles. The van der Waals surface area contributed by atoms with Crippen LogP contribution in [-0.4, -0.2) is 24.2 Å². The summed E-state index contributed by atoms with van der Waals surface area (Å²) < 4.78 is 0. The zero-order chi connectivity index (χ0) is 13.9. The molecule has 1 aliphatic rings. The molecule has 1 aliphatic heterocycles. The van der Waals surface area contributed by atoms with Crippen LogP contribution in [0.5, 0.6) is 0 Å². The highest BCUT2D eigenvalue weighted by Gasteiger charge is 2.52. The van der Waals surface area contributed by atoms with Crippen LogP contribution in [-0.2, 0) is 0 Å². The average molecular weight is 301 g/mol. The molecule has 1 rings (SSSR count). The zero-order valence-electron chi connectivity index (χ0n) is 13.9. The lowest BCUT2D eigenvalue weighted by Gasteiger charge is -2.53. The summed E-state index contributed by atoms with van der Waals surface area (Å²) in [6.07, 6.45) is 0. The van der Waals surface area contributed by atoms with Gasteiger partial charge in [-0.1, -0.05) is 94.8 Å². The lowest BCUT2D eigenvalue weighted by atomic mass is 10.9. The van der Waals surface area contributed by atoms with Crippen LogP contribution in [0, 0.1) is 0 Å². The number of hydrogen-bond acceptors (Lipinski definition) is 0. The molecule has 0 bridgehead atoms. The normalized spacial score (nSPS) is 25.0. The van der Waals surface area contributed by atoms with Crippen LogP contribution < -0.4 is 0 Å². The Bertz CT molecular complexity index is 196. The third-order valence-corrected chi connectivity index (χ3v) is 33.7. The van der Waals surface area contributed by atoms with E-state index >= 15 is 0 Å². The topological polar surface area (TPSA) is 0 Å². The minimum Gasteiger partial charge on any atom is -0.0678 e. The zero-order valence-corrected chi connectivity index (χ0v) is 16.9. The summed E-state index contributed by atoms with van der Waals surface area (Å²) in [4.78, 5) is 0. The van der Waals surface area contributed by atoms with Gasteiger partial charge in [-0.3, -0.25) is 0 Å². The summed E-state index contributed by atoms with van der Waals surface area (Å²) in [5.74, 6) is 0. The maximum atomic E-state index is 2.54. The first-order valence-corrected chi connectivity index (χ1v) is 17.0. The lowest BCUT2D eigenvalue weighted by molar-refractivity contribution is 1.08. The maximum absolute atomic E-state index is 2.54. The van der Waals surface area contributed by atoms with Crippen LogP contribution in [0.15, 0.2) is 0 Å². The van der Waals surface area contributed by atoms with Gasteiger partial charge in [0.25, 0.3) is 0 Å². The Balaban J connectivity index is 3.13. The van der Waals surface area contributed by atoms with E-state index in [9.17, 15) is 0 Å². The smallest absolute Gasteiger partial charge is 0.0478 e.